The molecule has 0 bridgehead atoms. The molecule has 0 aliphatic carbocycles. The fourth-order valence-corrected chi connectivity index (χ4v) is 4.67. The maximum absolute atomic E-state index is 13.0. The standard InChI is InChI=1S/C22H19N5O3S.CH4/c1-27-19-9-15-16(24-12-23-15)10-20(19)31-11-18(22(27)29)25-21(28)17-8-14(30-26-17)7-13-5-3-2-4-6-13;/h2-6,8-10,12,18H,7,11H2,1H3,(H,23,24)(H,25,28);1H4/t18-;/m0./s1. The van der Waals surface area contributed by atoms with Crippen molar-refractivity contribution < 1.29 is 14.1 Å². The van der Waals surface area contributed by atoms with Crippen molar-refractivity contribution in [2.24, 2.45) is 0 Å². The minimum atomic E-state index is -0.685. The maximum atomic E-state index is 13.0. The van der Waals surface area contributed by atoms with Crippen LogP contribution in [-0.4, -0.2) is 45.8 Å². The normalized spacial score (nSPS) is 15.7. The van der Waals surface area contributed by atoms with E-state index < -0.39 is 11.9 Å². The van der Waals surface area contributed by atoms with E-state index in [1.165, 1.54) is 11.8 Å². The van der Waals surface area contributed by atoms with Crippen molar-refractivity contribution in [3.8, 4) is 0 Å². The number of hydrogen-bond acceptors (Lipinski definition) is 6. The van der Waals surface area contributed by atoms with Crippen molar-refractivity contribution in [2.75, 3.05) is 17.7 Å². The van der Waals surface area contributed by atoms with Gasteiger partial charge in [-0.3, -0.25) is 9.59 Å². The number of aromatic amines is 1. The zero-order chi connectivity index (χ0) is 21.4. The molecular weight excluding hydrogens is 426 g/mol. The van der Waals surface area contributed by atoms with Crippen molar-refractivity contribution in [3.05, 3.63) is 71.9 Å². The van der Waals surface area contributed by atoms with E-state index in [4.69, 9.17) is 4.52 Å². The molecule has 2 N–H and O–H groups in total. The summed E-state index contributed by atoms with van der Waals surface area (Å²) in [4.78, 5) is 35.6. The molecule has 5 rings (SSSR count). The SMILES string of the molecule is C.CN1C(=O)[C@@H](NC(=O)c2cc(Cc3ccccc3)on2)CSc2cc3nc[nH]c3cc21. The van der Waals surface area contributed by atoms with Crippen LogP contribution in [0.1, 0.15) is 29.2 Å². The van der Waals surface area contributed by atoms with E-state index in [1.807, 2.05) is 42.5 Å². The van der Waals surface area contributed by atoms with E-state index in [2.05, 4.69) is 20.4 Å². The number of hydrogen-bond donors (Lipinski definition) is 2. The van der Waals surface area contributed by atoms with E-state index in [9.17, 15) is 9.59 Å². The van der Waals surface area contributed by atoms with E-state index in [0.717, 1.165) is 27.2 Å². The van der Waals surface area contributed by atoms with E-state index in [0.29, 0.717) is 17.9 Å². The first-order chi connectivity index (χ1) is 15.1. The second-order valence-corrected chi connectivity index (χ2v) is 8.38. The molecule has 1 aliphatic heterocycles. The number of aromatic nitrogens is 3. The van der Waals surface area contributed by atoms with Gasteiger partial charge in [0.2, 0.25) is 5.91 Å². The topological polar surface area (TPSA) is 104 Å². The number of H-pyrrole nitrogens is 1. The summed E-state index contributed by atoms with van der Waals surface area (Å²) in [6, 6.07) is 14.6. The first-order valence-electron chi connectivity index (χ1n) is 9.76. The van der Waals surface area contributed by atoms with Crippen LogP contribution in [0.4, 0.5) is 5.69 Å². The van der Waals surface area contributed by atoms with Gasteiger partial charge in [0.05, 0.1) is 23.0 Å². The lowest BCUT2D eigenvalue weighted by Gasteiger charge is -2.21. The molecule has 164 valence electrons. The Morgan fingerprint density at radius 2 is 2.09 bits per heavy atom. The Balaban J connectivity index is 0.00000245. The molecule has 1 atom stereocenters. The van der Waals surface area contributed by atoms with E-state index in [1.54, 1.807) is 24.3 Å². The van der Waals surface area contributed by atoms with E-state index >= 15 is 0 Å². The van der Waals surface area contributed by atoms with Gasteiger partial charge in [-0.25, -0.2) is 4.98 Å². The van der Waals surface area contributed by atoms with Gasteiger partial charge in [0.25, 0.3) is 5.91 Å². The number of carbonyl (C=O) groups excluding carboxylic acids is 2. The number of thioether (sulfide) groups is 1. The van der Waals surface area contributed by atoms with Crippen molar-refractivity contribution in [2.45, 2.75) is 24.8 Å². The Labute approximate surface area is 189 Å². The lowest BCUT2D eigenvalue weighted by atomic mass is 10.1. The molecule has 1 aliphatic rings. The summed E-state index contributed by atoms with van der Waals surface area (Å²) in [5.74, 6) is 0.374. The number of benzene rings is 2. The lowest BCUT2D eigenvalue weighted by Crippen LogP contribution is -2.48. The minimum Gasteiger partial charge on any atom is -0.360 e. The van der Waals surface area contributed by atoms with Gasteiger partial charge in [-0.1, -0.05) is 42.9 Å². The molecule has 0 saturated carbocycles. The van der Waals surface area contributed by atoms with Crippen molar-refractivity contribution in [1.82, 2.24) is 20.4 Å². The van der Waals surface area contributed by atoms with Crippen LogP contribution >= 0.6 is 11.8 Å². The van der Waals surface area contributed by atoms with Gasteiger partial charge in [0.1, 0.15) is 11.8 Å². The molecule has 4 aromatic rings. The number of imidazole rings is 1. The number of nitrogens with one attached hydrogen (secondary N) is 2. The van der Waals surface area contributed by atoms with Crippen LogP contribution in [-0.2, 0) is 11.2 Å². The monoisotopic (exact) mass is 449 g/mol. The second kappa shape index (κ2) is 8.88. The third-order valence-electron chi connectivity index (χ3n) is 5.21. The predicted molar refractivity (Wildman–Crippen MR) is 124 cm³/mol. The Kier molecular flexibility index (Phi) is 6.00. The molecule has 0 unspecified atom stereocenters. The van der Waals surface area contributed by atoms with Gasteiger partial charge in [0, 0.05) is 30.2 Å². The number of nitrogens with zero attached hydrogens (tertiary/aromatic N) is 3. The molecule has 2 amide bonds. The number of rotatable bonds is 4. The van der Waals surface area contributed by atoms with Crippen LogP contribution in [0.15, 0.2) is 64.3 Å². The average Bonchev–Trinajstić information content (AvgIpc) is 3.42. The molecule has 0 spiro atoms. The third-order valence-corrected chi connectivity index (χ3v) is 6.35. The largest absolute Gasteiger partial charge is 0.360 e. The fourth-order valence-electron chi connectivity index (χ4n) is 3.56. The highest BCUT2D eigenvalue weighted by Crippen LogP contribution is 2.36. The highest BCUT2D eigenvalue weighted by Gasteiger charge is 2.31. The van der Waals surface area contributed by atoms with Crippen molar-refractivity contribution in [3.63, 3.8) is 0 Å². The zero-order valence-electron chi connectivity index (χ0n) is 16.7. The molecule has 8 nitrogen and oxygen atoms in total. The summed E-state index contributed by atoms with van der Waals surface area (Å²) in [6.07, 6.45) is 2.17. The highest BCUT2D eigenvalue weighted by atomic mass is 32.2. The van der Waals surface area contributed by atoms with Crippen molar-refractivity contribution in [1.29, 1.82) is 0 Å². The second-order valence-electron chi connectivity index (χ2n) is 7.31. The maximum Gasteiger partial charge on any atom is 0.274 e. The molecule has 32 heavy (non-hydrogen) atoms. The van der Waals surface area contributed by atoms with Crippen molar-refractivity contribution >= 4 is 40.3 Å². The number of fused-ring (bicyclic) bond motifs is 2. The molecule has 0 saturated heterocycles. The molecule has 2 aromatic carbocycles. The molecule has 3 heterocycles. The number of anilines is 1. The zero-order valence-corrected chi connectivity index (χ0v) is 17.5. The Morgan fingerprint density at radius 1 is 1.28 bits per heavy atom. The number of carbonyl (C=O) groups is 2. The smallest absolute Gasteiger partial charge is 0.274 e. The lowest BCUT2D eigenvalue weighted by molar-refractivity contribution is -0.119. The summed E-state index contributed by atoms with van der Waals surface area (Å²) in [7, 11) is 1.71. The van der Waals surface area contributed by atoms with Gasteiger partial charge in [-0.05, 0) is 17.7 Å². The Morgan fingerprint density at radius 3 is 2.91 bits per heavy atom. The number of likely N-dealkylation sites (N-methyl/N-ethyl adjacent to an activating group) is 1. The van der Waals surface area contributed by atoms with Crippen LogP contribution < -0.4 is 10.2 Å². The quantitative estimate of drug-likeness (QED) is 0.493. The first kappa shape index (κ1) is 21.6. The number of amides is 2. The third kappa shape index (κ3) is 4.11. The molecule has 9 heteroatoms. The molecular formula is C23H23N5O3S. The van der Waals surface area contributed by atoms with Crippen LogP contribution in [0.5, 0.6) is 0 Å². The fraction of sp³-hybridized carbons (Fsp3) is 0.217. The summed E-state index contributed by atoms with van der Waals surface area (Å²) >= 11 is 1.51. The minimum absolute atomic E-state index is 0. The molecule has 0 fully saturated rings. The van der Waals surface area contributed by atoms with Crippen LogP contribution in [0.25, 0.3) is 11.0 Å². The average molecular weight is 450 g/mol. The van der Waals surface area contributed by atoms with Gasteiger partial charge in [0.15, 0.2) is 5.69 Å². The molecule has 2 aromatic heterocycles. The highest BCUT2D eigenvalue weighted by molar-refractivity contribution is 7.99. The van der Waals surface area contributed by atoms with Crippen LogP contribution in [0.3, 0.4) is 0 Å². The summed E-state index contributed by atoms with van der Waals surface area (Å²) < 4.78 is 5.32. The Bertz CT molecular complexity index is 1270. The van der Waals surface area contributed by atoms with Gasteiger partial charge < -0.3 is 19.7 Å². The predicted octanol–water partition coefficient (Wildman–Crippen LogP) is 3.64. The van der Waals surface area contributed by atoms with Gasteiger partial charge in [-0.15, -0.1) is 11.8 Å². The van der Waals surface area contributed by atoms with Crippen LogP contribution in [0.2, 0.25) is 0 Å². The summed E-state index contributed by atoms with van der Waals surface area (Å²) in [5.41, 5.74) is 3.70. The van der Waals surface area contributed by atoms with E-state index in [-0.39, 0.29) is 19.0 Å². The summed E-state index contributed by atoms with van der Waals surface area (Å²) in [5, 5.41) is 6.69. The summed E-state index contributed by atoms with van der Waals surface area (Å²) in [6.45, 7) is 0. The van der Waals surface area contributed by atoms with Gasteiger partial charge >= 0.3 is 0 Å². The van der Waals surface area contributed by atoms with Gasteiger partial charge in [-0.2, -0.15) is 0 Å². The first-order valence-corrected chi connectivity index (χ1v) is 10.7. The van der Waals surface area contributed by atoms with Crippen LogP contribution in [0, 0.1) is 0 Å². The Hall–Kier alpha value is -3.59. The molecule has 0 radical (unpaired) electrons.